The van der Waals surface area contributed by atoms with Gasteiger partial charge in [0.05, 0.1) is 5.69 Å². The molecule has 0 spiro atoms. The number of aryl methyl sites for hydroxylation is 2. The lowest BCUT2D eigenvalue weighted by atomic mass is 10.5. The van der Waals surface area contributed by atoms with E-state index in [-0.39, 0.29) is 0 Å². The molecular formula is C13H19N5OS. The largest absolute Gasteiger partial charge is 0.377 e. The molecule has 0 atom stereocenters. The Balaban J connectivity index is 2.27. The molecule has 0 radical (unpaired) electrons. The number of nitrogens with one attached hydrogen (secondary N) is 1. The van der Waals surface area contributed by atoms with E-state index in [0.717, 1.165) is 28.1 Å². The lowest BCUT2D eigenvalue weighted by molar-refractivity contribution is 0.177. The molecule has 0 aromatic carbocycles. The normalized spacial score (nSPS) is 10.8. The van der Waals surface area contributed by atoms with E-state index in [4.69, 9.17) is 4.74 Å². The van der Waals surface area contributed by atoms with Crippen molar-refractivity contribution in [2.24, 2.45) is 7.05 Å². The Kier molecular flexibility index (Phi) is 4.97. The predicted molar refractivity (Wildman–Crippen MR) is 79.0 cm³/mol. The van der Waals surface area contributed by atoms with Gasteiger partial charge in [-0.15, -0.1) is 0 Å². The first-order valence-corrected chi connectivity index (χ1v) is 7.23. The first-order valence-electron chi connectivity index (χ1n) is 6.41. The number of hydrogen-bond acceptors (Lipinski definition) is 6. The van der Waals surface area contributed by atoms with Crippen molar-refractivity contribution in [3.8, 4) is 0 Å². The van der Waals surface area contributed by atoms with E-state index < -0.39 is 0 Å². The lowest BCUT2D eigenvalue weighted by Crippen LogP contribution is -2.05. The van der Waals surface area contributed by atoms with Crippen molar-refractivity contribution in [1.82, 2.24) is 19.7 Å². The van der Waals surface area contributed by atoms with E-state index in [0.29, 0.717) is 12.4 Å². The van der Waals surface area contributed by atoms with Crippen molar-refractivity contribution in [3.63, 3.8) is 0 Å². The summed E-state index contributed by atoms with van der Waals surface area (Å²) in [5.74, 6) is 1.49. The van der Waals surface area contributed by atoms with E-state index in [1.54, 1.807) is 18.9 Å². The van der Waals surface area contributed by atoms with Crippen LogP contribution in [0.25, 0.3) is 0 Å². The van der Waals surface area contributed by atoms with Gasteiger partial charge in [0.25, 0.3) is 0 Å². The van der Waals surface area contributed by atoms with E-state index >= 15 is 0 Å². The Labute approximate surface area is 123 Å². The Hall–Kier alpha value is -1.60. The summed E-state index contributed by atoms with van der Waals surface area (Å²) in [7, 11) is 3.57. The van der Waals surface area contributed by atoms with Crippen LogP contribution in [0.5, 0.6) is 0 Å². The number of aromatic nitrogens is 4. The van der Waals surface area contributed by atoms with Crippen LogP contribution in [0, 0.1) is 6.92 Å². The summed E-state index contributed by atoms with van der Waals surface area (Å²) in [5.41, 5.74) is 0.994. The Morgan fingerprint density at radius 3 is 2.75 bits per heavy atom. The number of nitrogens with zero attached hydrogens (tertiary/aromatic N) is 4. The molecule has 20 heavy (non-hydrogen) atoms. The average molecular weight is 293 g/mol. The molecule has 2 heterocycles. The van der Waals surface area contributed by atoms with Gasteiger partial charge >= 0.3 is 0 Å². The third-order valence-corrected chi connectivity index (χ3v) is 3.56. The molecule has 0 bridgehead atoms. The van der Waals surface area contributed by atoms with Crippen LogP contribution in [0.3, 0.4) is 0 Å². The van der Waals surface area contributed by atoms with Crippen LogP contribution in [0.1, 0.15) is 18.4 Å². The summed E-state index contributed by atoms with van der Waals surface area (Å²) in [6.07, 6.45) is 0. The molecule has 6 nitrogen and oxygen atoms in total. The summed E-state index contributed by atoms with van der Waals surface area (Å²) < 4.78 is 6.97. The summed E-state index contributed by atoms with van der Waals surface area (Å²) in [6, 6.07) is 3.98. The molecule has 0 aliphatic rings. The first-order chi connectivity index (χ1) is 9.62. The lowest BCUT2D eigenvalue weighted by Gasteiger charge is -2.08. The second-order valence-corrected chi connectivity index (χ2v) is 5.36. The summed E-state index contributed by atoms with van der Waals surface area (Å²) in [6.45, 7) is 5.23. The van der Waals surface area contributed by atoms with Crippen LogP contribution in [-0.4, -0.2) is 33.4 Å². The fourth-order valence-electron chi connectivity index (χ4n) is 1.78. The van der Waals surface area contributed by atoms with Crippen LogP contribution in [-0.2, 0) is 18.4 Å². The minimum absolute atomic E-state index is 0.400. The van der Waals surface area contributed by atoms with Gasteiger partial charge in [-0.25, -0.2) is 9.97 Å². The zero-order valence-corrected chi connectivity index (χ0v) is 13.0. The molecule has 2 aromatic heterocycles. The van der Waals surface area contributed by atoms with Gasteiger partial charge in [-0.2, -0.15) is 5.10 Å². The molecule has 0 saturated heterocycles. The molecule has 2 aromatic rings. The molecule has 7 heteroatoms. The van der Waals surface area contributed by atoms with Crippen LogP contribution >= 0.6 is 11.8 Å². The average Bonchev–Trinajstić information content (AvgIpc) is 2.68. The topological polar surface area (TPSA) is 64.9 Å². The van der Waals surface area contributed by atoms with E-state index in [1.165, 1.54) is 0 Å². The number of methoxy groups -OCH3 is 1. The van der Waals surface area contributed by atoms with E-state index in [1.807, 2.05) is 37.7 Å². The number of rotatable bonds is 6. The fraction of sp³-hybridized carbons (Fsp3) is 0.462. The highest BCUT2D eigenvalue weighted by molar-refractivity contribution is 7.99. The third-order valence-electron chi connectivity index (χ3n) is 2.55. The Morgan fingerprint density at radius 1 is 1.35 bits per heavy atom. The van der Waals surface area contributed by atoms with Gasteiger partial charge in [0, 0.05) is 26.8 Å². The molecular weight excluding hydrogens is 274 g/mol. The van der Waals surface area contributed by atoms with E-state index in [2.05, 4.69) is 20.4 Å². The van der Waals surface area contributed by atoms with Crippen molar-refractivity contribution < 1.29 is 4.74 Å². The van der Waals surface area contributed by atoms with Crippen LogP contribution in [0.15, 0.2) is 22.2 Å². The number of hydrogen-bond donors (Lipinski definition) is 1. The highest BCUT2D eigenvalue weighted by atomic mass is 32.2. The number of ether oxygens (including phenoxy) is 1. The zero-order valence-electron chi connectivity index (χ0n) is 12.2. The summed E-state index contributed by atoms with van der Waals surface area (Å²) >= 11 is 1.57. The van der Waals surface area contributed by atoms with Crippen molar-refractivity contribution in [1.29, 1.82) is 0 Å². The molecule has 1 N–H and O–H groups in total. The van der Waals surface area contributed by atoms with Gasteiger partial charge in [-0.05, 0) is 19.9 Å². The molecule has 0 aliphatic carbocycles. The highest BCUT2D eigenvalue weighted by Gasteiger charge is 2.09. The maximum atomic E-state index is 5.11. The smallest absolute Gasteiger partial charge is 0.157 e. The highest BCUT2D eigenvalue weighted by Crippen LogP contribution is 2.27. The minimum Gasteiger partial charge on any atom is -0.377 e. The molecule has 0 amide bonds. The first kappa shape index (κ1) is 14.8. The molecule has 0 unspecified atom stereocenters. The maximum Gasteiger partial charge on any atom is 0.157 e. The third kappa shape index (κ3) is 3.71. The van der Waals surface area contributed by atoms with Crippen molar-refractivity contribution >= 4 is 17.6 Å². The SMILES string of the molecule is CCNc1cc(Sc2cc(C)nn2C)nc(COC)n1. The number of anilines is 1. The van der Waals surface area contributed by atoms with E-state index in [9.17, 15) is 0 Å². The summed E-state index contributed by atoms with van der Waals surface area (Å²) in [5, 5.41) is 9.48. The van der Waals surface area contributed by atoms with Crippen molar-refractivity contribution in [3.05, 3.63) is 23.7 Å². The minimum atomic E-state index is 0.400. The van der Waals surface area contributed by atoms with Gasteiger partial charge < -0.3 is 10.1 Å². The molecule has 0 saturated carbocycles. The molecule has 108 valence electrons. The summed E-state index contributed by atoms with van der Waals surface area (Å²) in [4.78, 5) is 8.90. The molecule has 2 rings (SSSR count). The van der Waals surface area contributed by atoms with Crippen LogP contribution in [0.4, 0.5) is 5.82 Å². The van der Waals surface area contributed by atoms with Crippen LogP contribution in [0.2, 0.25) is 0 Å². The molecule has 0 aliphatic heterocycles. The standard InChI is InChI=1S/C13H19N5OS/c1-5-14-10-7-12(16-11(15-10)8-19-4)20-13-6-9(2)17-18(13)3/h6-7H,5,8H2,1-4H3,(H,14,15,16). The van der Waals surface area contributed by atoms with Crippen molar-refractivity contribution in [2.75, 3.05) is 19.0 Å². The fourth-order valence-corrected chi connectivity index (χ4v) is 2.72. The second-order valence-electron chi connectivity index (χ2n) is 4.32. The predicted octanol–water partition coefficient (Wildman–Crippen LogP) is 2.25. The van der Waals surface area contributed by atoms with Crippen LogP contribution < -0.4 is 5.32 Å². The van der Waals surface area contributed by atoms with Gasteiger partial charge in [0.15, 0.2) is 5.82 Å². The van der Waals surface area contributed by atoms with Gasteiger partial charge in [0.2, 0.25) is 0 Å². The van der Waals surface area contributed by atoms with Crippen molar-refractivity contribution in [2.45, 2.75) is 30.5 Å². The quantitative estimate of drug-likeness (QED) is 0.824. The zero-order chi connectivity index (χ0) is 14.5. The second kappa shape index (κ2) is 6.71. The Bertz CT molecular complexity index is 560. The Morgan fingerprint density at radius 2 is 2.15 bits per heavy atom. The molecule has 0 fully saturated rings. The monoisotopic (exact) mass is 293 g/mol. The van der Waals surface area contributed by atoms with Gasteiger partial charge in [-0.1, -0.05) is 11.8 Å². The van der Waals surface area contributed by atoms with Gasteiger partial charge in [0.1, 0.15) is 22.5 Å². The maximum absolute atomic E-state index is 5.11. The van der Waals surface area contributed by atoms with Gasteiger partial charge in [-0.3, -0.25) is 4.68 Å².